The van der Waals surface area contributed by atoms with Gasteiger partial charge in [-0.05, 0) is 50.5 Å². The lowest BCUT2D eigenvalue weighted by atomic mass is 9.91. The summed E-state index contributed by atoms with van der Waals surface area (Å²) in [4.78, 5) is 0. The summed E-state index contributed by atoms with van der Waals surface area (Å²) in [6.07, 6.45) is 7.31. The molecule has 12 heavy (non-hydrogen) atoms. The second-order valence-electron chi connectivity index (χ2n) is 4.67. The van der Waals surface area contributed by atoms with Crippen molar-refractivity contribution in [3.8, 4) is 0 Å². The van der Waals surface area contributed by atoms with Gasteiger partial charge in [-0.1, -0.05) is 13.3 Å². The molecule has 3 unspecified atom stereocenters. The Balaban J connectivity index is 1.81. The molecular formula is C11H21N. The number of fused-ring (bicyclic) bond motifs is 1. The molecule has 1 nitrogen and oxygen atoms in total. The Hall–Kier alpha value is -0.0400. The average Bonchev–Trinajstić information content (AvgIpc) is 2.70. The summed E-state index contributed by atoms with van der Waals surface area (Å²) in [5, 5.41) is 3.49. The SMILES string of the molecule is CCCC(NC)C1CC2CC2C1. The second kappa shape index (κ2) is 3.37. The van der Waals surface area contributed by atoms with Crippen molar-refractivity contribution >= 4 is 0 Å². The van der Waals surface area contributed by atoms with E-state index in [1.807, 2.05) is 0 Å². The monoisotopic (exact) mass is 167 g/mol. The first-order valence-electron chi connectivity index (χ1n) is 5.52. The molecule has 2 aliphatic carbocycles. The van der Waals surface area contributed by atoms with E-state index in [-0.39, 0.29) is 0 Å². The van der Waals surface area contributed by atoms with E-state index >= 15 is 0 Å². The Bertz CT molecular complexity index is 145. The molecule has 2 fully saturated rings. The summed E-state index contributed by atoms with van der Waals surface area (Å²) >= 11 is 0. The van der Waals surface area contributed by atoms with Gasteiger partial charge >= 0.3 is 0 Å². The van der Waals surface area contributed by atoms with Crippen molar-refractivity contribution in [1.29, 1.82) is 0 Å². The summed E-state index contributed by atoms with van der Waals surface area (Å²) in [5.41, 5.74) is 0. The number of hydrogen-bond acceptors (Lipinski definition) is 1. The van der Waals surface area contributed by atoms with E-state index in [1.54, 1.807) is 6.42 Å². The van der Waals surface area contributed by atoms with E-state index in [4.69, 9.17) is 0 Å². The van der Waals surface area contributed by atoms with Gasteiger partial charge in [-0.25, -0.2) is 0 Å². The number of hydrogen-bond donors (Lipinski definition) is 1. The maximum Gasteiger partial charge on any atom is 0.00924 e. The lowest BCUT2D eigenvalue weighted by Gasteiger charge is -2.23. The molecule has 1 N–H and O–H groups in total. The Labute approximate surface area is 75.9 Å². The molecule has 0 spiro atoms. The molecule has 2 rings (SSSR count). The van der Waals surface area contributed by atoms with Gasteiger partial charge in [0.15, 0.2) is 0 Å². The lowest BCUT2D eigenvalue weighted by molar-refractivity contribution is 0.332. The van der Waals surface area contributed by atoms with Gasteiger partial charge in [0.25, 0.3) is 0 Å². The molecule has 0 aromatic carbocycles. The third-order valence-electron chi connectivity index (χ3n) is 3.82. The van der Waals surface area contributed by atoms with Gasteiger partial charge in [-0.3, -0.25) is 0 Å². The summed E-state index contributed by atoms with van der Waals surface area (Å²) < 4.78 is 0. The van der Waals surface area contributed by atoms with E-state index in [1.165, 1.54) is 25.7 Å². The normalized spacial score (nSPS) is 41.0. The van der Waals surface area contributed by atoms with Crippen LogP contribution in [0, 0.1) is 17.8 Å². The molecule has 0 radical (unpaired) electrons. The zero-order valence-corrected chi connectivity index (χ0v) is 8.34. The van der Waals surface area contributed by atoms with Gasteiger partial charge in [-0.2, -0.15) is 0 Å². The van der Waals surface area contributed by atoms with Crippen molar-refractivity contribution in [1.82, 2.24) is 5.32 Å². The molecule has 0 aromatic heterocycles. The van der Waals surface area contributed by atoms with Crippen LogP contribution in [0.3, 0.4) is 0 Å². The van der Waals surface area contributed by atoms with Crippen LogP contribution in [0.25, 0.3) is 0 Å². The molecule has 70 valence electrons. The molecule has 1 heteroatoms. The molecule has 3 atom stereocenters. The minimum atomic E-state index is 0.822. The third kappa shape index (κ3) is 1.52. The van der Waals surface area contributed by atoms with Crippen molar-refractivity contribution in [2.24, 2.45) is 17.8 Å². The highest BCUT2D eigenvalue weighted by Crippen LogP contribution is 2.55. The predicted molar refractivity (Wildman–Crippen MR) is 52.1 cm³/mol. The quantitative estimate of drug-likeness (QED) is 0.678. The zero-order valence-electron chi connectivity index (χ0n) is 8.34. The fourth-order valence-electron chi connectivity index (χ4n) is 3.02. The molecule has 0 aromatic rings. The highest BCUT2D eigenvalue weighted by Gasteiger charge is 2.47. The molecule has 2 saturated carbocycles. The summed E-state index contributed by atoms with van der Waals surface area (Å²) in [6, 6.07) is 0.822. The topological polar surface area (TPSA) is 12.0 Å². The molecular weight excluding hydrogens is 146 g/mol. The van der Waals surface area contributed by atoms with Crippen molar-refractivity contribution in [3.05, 3.63) is 0 Å². The number of nitrogens with one attached hydrogen (secondary N) is 1. The summed E-state index contributed by atoms with van der Waals surface area (Å²) in [6.45, 7) is 2.29. The fourth-order valence-corrected chi connectivity index (χ4v) is 3.02. The van der Waals surface area contributed by atoms with Crippen LogP contribution in [-0.2, 0) is 0 Å². The first-order valence-corrected chi connectivity index (χ1v) is 5.52. The van der Waals surface area contributed by atoms with Crippen LogP contribution in [0.5, 0.6) is 0 Å². The van der Waals surface area contributed by atoms with E-state index in [2.05, 4.69) is 19.3 Å². The fraction of sp³-hybridized carbons (Fsp3) is 1.00. The predicted octanol–water partition coefficient (Wildman–Crippen LogP) is 2.42. The van der Waals surface area contributed by atoms with E-state index in [9.17, 15) is 0 Å². The second-order valence-corrected chi connectivity index (χ2v) is 4.67. The van der Waals surface area contributed by atoms with E-state index < -0.39 is 0 Å². The van der Waals surface area contributed by atoms with Gasteiger partial charge in [0.1, 0.15) is 0 Å². The summed E-state index contributed by atoms with van der Waals surface area (Å²) in [7, 11) is 2.13. The van der Waals surface area contributed by atoms with Gasteiger partial charge in [0.2, 0.25) is 0 Å². The Kier molecular flexibility index (Phi) is 2.40. The van der Waals surface area contributed by atoms with E-state index in [0.29, 0.717) is 0 Å². The van der Waals surface area contributed by atoms with Gasteiger partial charge in [0, 0.05) is 6.04 Å². The van der Waals surface area contributed by atoms with Crippen LogP contribution >= 0.6 is 0 Å². The standard InChI is InChI=1S/C11H21N/c1-3-4-11(12-2)10-6-8-5-9(8)7-10/h8-12H,3-7H2,1-2H3. The average molecular weight is 167 g/mol. The van der Waals surface area contributed by atoms with Crippen LogP contribution in [0.4, 0.5) is 0 Å². The minimum Gasteiger partial charge on any atom is -0.317 e. The largest absolute Gasteiger partial charge is 0.317 e. The van der Waals surface area contributed by atoms with Crippen LogP contribution in [0.15, 0.2) is 0 Å². The van der Waals surface area contributed by atoms with Gasteiger partial charge in [0.05, 0.1) is 0 Å². The zero-order chi connectivity index (χ0) is 8.55. The van der Waals surface area contributed by atoms with E-state index in [0.717, 1.165) is 23.8 Å². The molecule has 0 bridgehead atoms. The number of rotatable bonds is 4. The molecule has 0 amide bonds. The smallest absolute Gasteiger partial charge is 0.00924 e. The molecule has 2 aliphatic rings. The van der Waals surface area contributed by atoms with Crippen molar-refractivity contribution in [3.63, 3.8) is 0 Å². The molecule has 0 aliphatic heterocycles. The summed E-state index contributed by atoms with van der Waals surface area (Å²) in [5.74, 6) is 3.30. The third-order valence-corrected chi connectivity index (χ3v) is 3.82. The Morgan fingerprint density at radius 3 is 2.42 bits per heavy atom. The lowest BCUT2D eigenvalue weighted by Crippen LogP contribution is -2.32. The van der Waals surface area contributed by atoms with Gasteiger partial charge < -0.3 is 5.32 Å². The maximum absolute atomic E-state index is 3.49. The first kappa shape index (κ1) is 8.55. The molecule has 0 saturated heterocycles. The van der Waals surface area contributed by atoms with Crippen molar-refractivity contribution < 1.29 is 0 Å². The highest BCUT2D eigenvalue weighted by molar-refractivity contribution is 4.98. The van der Waals surface area contributed by atoms with Crippen LogP contribution in [0.1, 0.15) is 39.0 Å². The van der Waals surface area contributed by atoms with Gasteiger partial charge in [-0.15, -0.1) is 0 Å². The Morgan fingerprint density at radius 1 is 1.25 bits per heavy atom. The maximum atomic E-state index is 3.49. The Morgan fingerprint density at radius 2 is 1.92 bits per heavy atom. The molecule has 0 heterocycles. The highest BCUT2D eigenvalue weighted by atomic mass is 14.9. The minimum absolute atomic E-state index is 0.822. The van der Waals surface area contributed by atoms with Crippen molar-refractivity contribution in [2.45, 2.75) is 45.1 Å². The van der Waals surface area contributed by atoms with Crippen LogP contribution in [-0.4, -0.2) is 13.1 Å². The van der Waals surface area contributed by atoms with Crippen LogP contribution < -0.4 is 5.32 Å². The first-order chi connectivity index (χ1) is 5.85. The van der Waals surface area contributed by atoms with Crippen LogP contribution in [0.2, 0.25) is 0 Å². The van der Waals surface area contributed by atoms with Crippen molar-refractivity contribution in [2.75, 3.05) is 7.05 Å².